The molecule has 0 aliphatic heterocycles. The monoisotopic (exact) mass is 152 g/mol. The van der Waals surface area contributed by atoms with Crippen LogP contribution in [0.1, 0.15) is 20.3 Å². The molecule has 2 heteroatoms. The van der Waals surface area contributed by atoms with E-state index in [9.17, 15) is 0 Å². The molecule has 0 aliphatic carbocycles. The third kappa shape index (κ3) is 9.08. The van der Waals surface area contributed by atoms with Crippen molar-refractivity contribution in [3.8, 4) is 0 Å². The van der Waals surface area contributed by atoms with Crippen LogP contribution in [-0.4, -0.2) is 19.0 Å². The minimum Gasteiger partial charge on any atom is -0.292 e. The van der Waals surface area contributed by atoms with Gasteiger partial charge in [-0.3, -0.25) is 9.98 Å². The highest BCUT2D eigenvalue weighted by Gasteiger charge is 1.88. The summed E-state index contributed by atoms with van der Waals surface area (Å²) in [5.41, 5.74) is 0. The molecule has 0 aromatic carbocycles. The van der Waals surface area contributed by atoms with Crippen molar-refractivity contribution in [1.29, 1.82) is 0 Å². The molecular weight excluding hydrogens is 136 g/mol. The van der Waals surface area contributed by atoms with Crippen LogP contribution >= 0.6 is 0 Å². The predicted octanol–water partition coefficient (Wildman–Crippen LogP) is 2.32. The van der Waals surface area contributed by atoms with Crippen LogP contribution in [0.15, 0.2) is 22.8 Å². The molecule has 11 heavy (non-hydrogen) atoms. The van der Waals surface area contributed by atoms with Gasteiger partial charge in [0.1, 0.15) is 0 Å². The van der Waals surface area contributed by atoms with Crippen molar-refractivity contribution in [2.24, 2.45) is 15.9 Å². The molecule has 0 N–H and O–H groups in total. The molecule has 0 unspecified atom stereocenters. The number of nitrogens with zero attached hydrogens (tertiary/aromatic N) is 2. The first-order chi connectivity index (χ1) is 5.27. The fraction of sp³-hybridized carbons (Fsp3) is 0.556. The normalized spacial score (nSPS) is 11.9. The lowest BCUT2D eigenvalue weighted by atomic mass is 10.1. The first kappa shape index (κ1) is 10.1. The molecular formula is C9H16N2. The number of hydrogen-bond donors (Lipinski definition) is 0. The quantitative estimate of drug-likeness (QED) is 0.540. The molecule has 0 aliphatic rings. The summed E-state index contributed by atoms with van der Waals surface area (Å²) in [5, 5.41) is 0. The maximum atomic E-state index is 4.13. The van der Waals surface area contributed by atoms with Gasteiger partial charge in [0, 0.05) is 25.2 Å². The van der Waals surface area contributed by atoms with Gasteiger partial charge in [-0.25, -0.2) is 0 Å². The molecule has 0 aromatic rings. The fourth-order valence-corrected chi connectivity index (χ4v) is 0.554. The van der Waals surface area contributed by atoms with Crippen molar-refractivity contribution in [2.45, 2.75) is 20.3 Å². The van der Waals surface area contributed by atoms with Gasteiger partial charge in [0.2, 0.25) is 0 Å². The summed E-state index contributed by atoms with van der Waals surface area (Å²) < 4.78 is 0. The number of rotatable bonds is 5. The standard InChI is InChI=1S/C9H16N2/c1-4-10-7-8-11-6-5-9(2)3/h4,7-9H,1,5-6H2,2-3H3/b10-7-,11-8-. The molecule has 0 rings (SSSR count). The van der Waals surface area contributed by atoms with E-state index in [1.165, 1.54) is 6.20 Å². The van der Waals surface area contributed by atoms with E-state index >= 15 is 0 Å². The van der Waals surface area contributed by atoms with Crippen LogP contribution in [0.25, 0.3) is 0 Å². The van der Waals surface area contributed by atoms with Gasteiger partial charge < -0.3 is 0 Å². The van der Waals surface area contributed by atoms with Gasteiger partial charge in [-0.05, 0) is 12.3 Å². The SMILES string of the molecule is C=C/N=C\C=N/CCC(C)C. The molecule has 0 atom stereocenters. The minimum absolute atomic E-state index is 0.725. The molecule has 0 aromatic heterocycles. The third-order valence-electron chi connectivity index (χ3n) is 1.20. The smallest absolute Gasteiger partial charge is 0.0446 e. The number of aliphatic imine (C=N–C) groups is 2. The van der Waals surface area contributed by atoms with Crippen LogP contribution in [-0.2, 0) is 0 Å². The van der Waals surface area contributed by atoms with Gasteiger partial charge in [-0.15, -0.1) is 0 Å². The van der Waals surface area contributed by atoms with Crippen LogP contribution in [0, 0.1) is 5.92 Å². The Morgan fingerprint density at radius 1 is 1.36 bits per heavy atom. The van der Waals surface area contributed by atoms with Crippen molar-refractivity contribution in [2.75, 3.05) is 6.54 Å². The van der Waals surface area contributed by atoms with Gasteiger partial charge in [0.25, 0.3) is 0 Å². The predicted molar refractivity (Wildman–Crippen MR) is 51.5 cm³/mol. The second kappa shape index (κ2) is 7.19. The molecule has 0 radical (unpaired) electrons. The summed E-state index contributed by atoms with van der Waals surface area (Å²) in [6.45, 7) is 8.71. The Balaban J connectivity index is 3.30. The van der Waals surface area contributed by atoms with E-state index in [0.717, 1.165) is 18.9 Å². The van der Waals surface area contributed by atoms with Crippen molar-refractivity contribution < 1.29 is 0 Å². The summed E-state index contributed by atoms with van der Waals surface area (Å²) >= 11 is 0. The Labute approximate surface area is 68.8 Å². The second-order valence-corrected chi connectivity index (χ2v) is 2.72. The molecule has 0 bridgehead atoms. The van der Waals surface area contributed by atoms with E-state index in [1.54, 1.807) is 12.4 Å². The molecule has 2 nitrogen and oxygen atoms in total. The first-order valence-electron chi connectivity index (χ1n) is 3.90. The Morgan fingerprint density at radius 2 is 2.09 bits per heavy atom. The van der Waals surface area contributed by atoms with Crippen LogP contribution in [0.5, 0.6) is 0 Å². The van der Waals surface area contributed by atoms with E-state index in [4.69, 9.17) is 0 Å². The van der Waals surface area contributed by atoms with Crippen LogP contribution in [0.4, 0.5) is 0 Å². The Hall–Kier alpha value is -0.920. The molecule has 62 valence electrons. The van der Waals surface area contributed by atoms with Crippen molar-refractivity contribution in [1.82, 2.24) is 0 Å². The molecule has 0 spiro atoms. The molecule has 0 saturated carbocycles. The summed E-state index contributed by atoms with van der Waals surface area (Å²) in [7, 11) is 0. The molecule has 0 saturated heterocycles. The third-order valence-corrected chi connectivity index (χ3v) is 1.20. The van der Waals surface area contributed by atoms with Gasteiger partial charge in [-0.2, -0.15) is 0 Å². The lowest BCUT2D eigenvalue weighted by Crippen LogP contribution is -1.90. The molecule has 0 amide bonds. The number of hydrogen-bond acceptors (Lipinski definition) is 2. The summed E-state index contributed by atoms with van der Waals surface area (Å²) in [4.78, 5) is 7.90. The van der Waals surface area contributed by atoms with E-state index < -0.39 is 0 Å². The zero-order valence-electron chi connectivity index (χ0n) is 7.33. The Morgan fingerprint density at radius 3 is 2.64 bits per heavy atom. The topological polar surface area (TPSA) is 24.7 Å². The molecule has 0 fully saturated rings. The highest BCUT2D eigenvalue weighted by atomic mass is 14.7. The average molecular weight is 152 g/mol. The summed E-state index contributed by atoms with van der Waals surface area (Å²) in [5.74, 6) is 0.725. The first-order valence-corrected chi connectivity index (χ1v) is 3.90. The zero-order chi connectivity index (χ0) is 8.53. The Bertz CT molecular complexity index is 146. The average Bonchev–Trinajstić information content (AvgIpc) is 1.96. The van der Waals surface area contributed by atoms with Crippen molar-refractivity contribution in [3.05, 3.63) is 12.8 Å². The van der Waals surface area contributed by atoms with Crippen molar-refractivity contribution in [3.63, 3.8) is 0 Å². The van der Waals surface area contributed by atoms with E-state index in [0.29, 0.717) is 0 Å². The maximum absolute atomic E-state index is 4.13. The van der Waals surface area contributed by atoms with Crippen LogP contribution in [0.3, 0.4) is 0 Å². The summed E-state index contributed by atoms with van der Waals surface area (Å²) in [6, 6.07) is 0. The second-order valence-electron chi connectivity index (χ2n) is 2.72. The Kier molecular flexibility index (Phi) is 6.59. The lowest BCUT2D eigenvalue weighted by Gasteiger charge is -1.97. The van der Waals surface area contributed by atoms with Gasteiger partial charge in [0.15, 0.2) is 0 Å². The highest BCUT2D eigenvalue weighted by molar-refractivity contribution is 6.16. The van der Waals surface area contributed by atoms with E-state index in [1.807, 2.05) is 0 Å². The largest absolute Gasteiger partial charge is 0.292 e. The fourth-order valence-electron chi connectivity index (χ4n) is 0.554. The van der Waals surface area contributed by atoms with Crippen molar-refractivity contribution >= 4 is 12.4 Å². The van der Waals surface area contributed by atoms with Gasteiger partial charge in [0.05, 0.1) is 0 Å². The van der Waals surface area contributed by atoms with E-state index in [2.05, 4.69) is 30.4 Å². The van der Waals surface area contributed by atoms with Gasteiger partial charge >= 0.3 is 0 Å². The van der Waals surface area contributed by atoms with Gasteiger partial charge in [-0.1, -0.05) is 20.4 Å². The highest BCUT2D eigenvalue weighted by Crippen LogP contribution is 1.97. The molecule has 0 heterocycles. The lowest BCUT2D eigenvalue weighted by molar-refractivity contribution is 0.598. The van der Waals surface area contributed by atoms with E-state index in [-0.39, 0.29) is 0 Å². The zero-order valence-corrected chi connectivity index (χ0v) is 7.33. The summed E-state index contributed by atoms with van der Waals surface area (Å²) in [6.07, 6.45) is 5.99. The van der Waals surface area contributed by atoms with Crippen LogP contribution in [0.2, 0.25) is 0 Å². The maximum Gasteiger partial charge on any atom is 0.0446 e. The van der Waals surface area contributed by atoms with Crippen LogP contribution < -0.4 is 0 Å². The minimum atomic E-state index is 0.725.